The van der Waals surface area contributed by atoms with Crippen LogP contribution in [0.2, 0.25) is 0 Å². The Morgan fingerprint density at radius 1 is 1.29 bits per heavy atom. The van der Waals surface area contributed by atoms with Gasteiger partial charge >= 0.3 is 0 Å². The van der Waals surface area contributed by atoms with Gasteiger partial charge in [0.15, 0.2) is 0 Å². The average molecular weight is 198 g/mol. The topological polar surface area (TPSA) is 15.7 Å². The summed E-state index contributed by atoms with van der Waals surface area (Å²) in [7, 11) is 2.20. The summed E-state index contributed by atoms with van der Waals surface area (Å²) in [5.74, 6) is 0. The molecule has 2 aliphatic rings. The van der Waals surface area contributed by atoms with Crippen molar-refractivity contribution in [3.63, 3.8) is 0 Å². The highest BCUT2D eigenvalue weighted by Crippen LogP contribution is 2.28. The second kappa shape index (κ2) is 4.17. The van der Waals surface area contributed by atoms with Crippen molar-refractivity contribution in [2.75, 3.05) is 46.4 Å². The zero-order valence-corrected chi connectivity index (χ0v) is 9.46. The SMILES string of the molecule is CCCN1CCC2(CN(C)CCO2)C1. The van der Waals surface area contributed by atoms with E-state index in [4.69, 9.17) is 4.74 Å². The standard InChI is InChI=1S/C11H22N2O/c1-3-5-13-6-4-11(10-13)9-12(2)7-8-14-11/h3-10H2,1-2H3. The summed E-state index contributed by atoms with van der Waals surface area (Å²) >= 11 is 0. The molecule has 0 radical (unpaired) electrons. The smallest absolute Gasteiger partial charge is 0.0947 e. The van der Waals surface area contributed by atoms with Crippen LogP contribution in [-0.2, 0) is 4.74 Å². The fourth-order valence-corrected chi connectivity index (χ4v) is 2.72. The van der Waals surface area contributed by atoms with Gasteiger partial charge in [0.25, 0.3) is 0 Å². The van der Waals surface area contributed by atoms with Crippen molar-refractivity contribution in [2.45, 2.75) is 25.4 Å². The van der Waals surface area contributed by atoms with E-state index >= 15 is 0 Å². The second-order valence-electron chi connectivity index (χ2n) is 4.80. The molecular formula is C11H22N2O. The molecule has 14 heavy (non-hydrogen) atoms. The molecule has 1 unspecified atom stereocenters. The van der Waals surface area contributed by atoms with Crippen LogP contribution >= 0.6 is 0 Å². The van der Waals surface area contributed by atoms with Crippen LogP contribution in [0.25, 0.3) is 0 Å². The zero-order chi connectivity index (χ0) is 10.0. The number of nitrogens with zero attached hydrogens (tertiary/aromatic N) is 2. The Morgan fingerprint density at radius 3 is 2.86 bits per heavy atom. The minimum Gasteiger partial charge on any atom is -0.371 e. The molecule has 3 heteroatoms. The molecule has 2 fully saturated rings. The molecule has 0 aromatic carbocycles. The first-order chi connectivity index (χ1) is 6.74. The van der Waals surface area contributed by atoms with Gasteiger partial charge in [0.1, 0.15) is 0 Å². The van der Waals surface area contributed by atoms with Gasteiger partial charge in [-0.25, -0.2) is 0 Å². The van der Waals surface area contributed by atoms with Crippen LogP contribution in [0.5, 0.6) is 0 Å². The Kier molecular flexibility index (Phi) is 3.10. The van der Waals surface area contributed by atoms with Gasteiger partial charge in [-0.3, -0.25) is 0 Å². The fraction of sp³-hybridized carbons (Fsp3) is 1.00. The molecule has 2 rings (SSSR count). The highest BCUT2D eigenvalue weighted by molar-refractivity contribution is 4.95. The summed E-state index contributed by atoms with van der Waals surface area (Å²) in [4.78, 5) is 4.94. The zero-order valence-electron chi connectivity index (χ0n) is 9.46. The van der Waals surface area contributed by atoms with Gasteiger partial charge in [-0.1, -0.05) is 6.92 Å². The second-order valence-corrected chi connectivity index (χ2v) is 4.80. The number of likely N-dealkylation sites (N-methyl/N-ethyl adjacent to an activating group) is 1. The number of hydrogen-bond donors (Lipinski definition) is 0. The molecule has 1 spiro atoms. The van der Waals surface area contributed by atoms with E-state index in [9.17, 15) is 0 Å². The quantitative estimate of drug-likeness (QED) is 0.653. The van der Waals surface area contributed by atoms with Gasteiger partial charge in [0.2, 0.25) is 0 Å². The minimum atomic E-state index is 0.169. The molecule has 0 bridgehead atoms. The molecule has 0 N–H and O–H groups in total. The van der Waals surface area contributed by atoms with Gasteiger partial charge < -0.3 is 14.5 Å². The van der Waals surface area contributed by atoms with E-state index in [1.807, 2.05) is 0 Å². The number of ether oxygens (including phenoxy) is 1. The summed E-state index contributed by atoms with van der Waals surface area (Å²) in [6.45, 7) is 8.97. The minimum absolute atomic E-state index is 0.169. The fourth-order valence-electron chi connectivity index (χ4n) is 2.72. The summed E-state index contributed by atoms with van der Waals surface area (Å²) in [5.41, 5.74) is 0.169. The van der Waals surface area contributed by atoms with Gasteiger partial charge in [0, 0.05) is 26.2 Å². The van der Waals surface area contributed by atoms with Crippen LogP contribution in [0.3, 0.4) is 0 Å². The molecule has 3 nitrogen and oxygen atoms in total. The van der Waals surface area contributed by atoms with Crippen molar-refractivity contribution in [2.24, 2.45) is 0 Å². The van der Waals surface area contributed by atoms with Crippen LogP contribution in [0.1, 0.15) is 19.8 Å². The van der Waals surface area contributed by atoms with Crippen molar-refractivity contribution in [1.29, 1.82) is 0 Å². The number of morpholine rings is 1. The van der Waals surface area contributed by atoms with Crippen molar-refractivity contribution < 1.29 is 4.74 Å². The van der Waals surface area contributed by atoms with Crippen LogP contribution in [0.15, 0.2) is 0 Å². The Morgan fingerprint density at radius 2 is 2.14 bits per heavy atom. The van der Waals surface area contributed by atoms with Gasteiger partial charge in [-0.15, -0.1) is 0 Å². The van der Waals surface area contributed by atoms with E-state index in [2.05, 4.69) is 23.8 Å². The van der Waals surface area contributed by atoms with Crippen LogP contribution in [-0.4, -0.2) is 61.8 Å². The van der Waals surface area contributed by atoms with E-state index in [1.54, 1.807) is 0 Å². The predicted octanol–water partition coefficient (Wildman–Crippen LogP) is 0.803. The van der Waals surface area contributed by atoms with E-state index in [0.29, 0.717) is 0 Å². The Bertz CT molecular complexity index is 198. The first-order valence-electron chi connectivity index (χ1n) is 5.79. The monoisotopic (exact) mass is 198 g/mol. The maximum atomic E-state index is 5.99. The molecule has 1 atom stereocenters. The largest absolute Gasteiger partial charge is 0.371 e. The van der Waals surface area contributed by atoms with E-state index in [-0.39, 0.29) is 5.60 Å². The maximum Gasteiger partial charge on any atom is 0.0947 e. The van der Waals surface area contributed by atoms with Crippen molar-refractivity contribution >= 4 is 0 Å². The van der Waals surface area contributed by atoms with Gasteiger partial charge in [-0.05, 0) is 26.4 Å². The Balaban J connectivity index is 1.91. The predicted molar refractivity (Wildman–Crippen MR) is 57.5 cm³/mol. The van der Waals surface area contributed by atoms with Crippen molar-refractivity contribution in [3.05, 3.63) is 0 Å². The Labute approximate surface area is 87.0 Å². The molecule has 0 aliphatic carbocycles. The molecular weight excluding hydrogens is 176 g/mol. The molecule has 0 amide bonds. The summed E-state index contributed by atoms with van der Waals surface area (Å²) in [5, 5.41) is 0. The first-order valence-corrected chi connectivity index (χ1v) is 5.79. The lowest BCUT2D eigenvalue weighted by Gasteiger charge is -2.38. The number of rotatable bonds is 2. The lowest BCUT2D eigenvalue weighted by Crippen LogP contribution is -2.51. The average Bonchev–Trinajstić information content (AvgIpc) is 2.49. The number of likely N-dealkylation sites (tertiary alicyclic amines) is 1. The molecule has 0 aromatic rings. The highest BCUT2D eigenvalue weighted by Gasteiger charge is 2.41. The molecule has 0 saturated carbocycles. The van der Waals surface area contributed by atoms with Crippen LogP contribution < -0.4 is 0 Å². The highest BCUT2D eigenvalue weighted by atomic mass is 16.5. The molecule has 0 aromatic heterocycles. The normalized spacial score (nSPS) is 35.6. The summed E-state index contributed by atoms with van der Waals surface area (Å²) < 4.78 is 5.99. The van der Waals surface area contributed by atoms with Gasteiger partial charge in [0.05, 0.1) is 12.2 Å². The summed E-state index contributed by atoms with van der Waals surface area (Å²) in [6.07, 6.45) is 2.48. The van der Waals surface area contributed by atoms with Crippen molar-refractivity contribution in [3.8, 4) is 0 Å². The Hall–Kier alpha value is -0.120. The third kappa shape index (κ3) is 2.10. The molecule has 2 aliphatic heterocycles. The lowest BCUT2D eigenvalue weighted by molar-refractivity contribution is -0.0947. The van der Waals surface area contributed by atoms with E-state index in [0.717, 1.165) is 26.2 Å². The number of hydrogen-bond acceptors (Lipinski definition) is 3. The van der Waals surface area contributed by atoms with Crippen LogP contribution in [0, 0.1) is 0 Å². The summed E-state index contributed by atoms with van der Waals surface area (Å²) in [6, 6.07) is 0. The van der Waals surface area contributed by atoms with E-state index in [1.165, 1.54) is 25.9 Å². The van der Waals surface area contributed by atoms with Gasteiger partial charge in [-0.2, -0.15) is 0 Å². The third-order valence-electron chi connectivity index (χ3n) is 3.37. The maximum absolute atomic E-state index is 5.99. The molecule has 2 heterocycles. The molecule has 82 valence electrons. The van der Waals surface area contributed by atoms with Crippen molar-refractivity contribution in [1.82, 2.24) is 9.80 Å². The molecule has 2 saturated heterocycles. The lowest BCUT2D eigenvalue weighted by atomic mass is 10.0. The van der Waals surface area contributed by atoms with E-state index < -0.39 is 0 Å². The van der Waals surface area contributed by atoms with Crippen LogP contribution in [0.4, 0.5) is 0 Å². The first kappa shape index (κ1) is 10.4. The third-order valence-corrected chi connectivity index (χ3v) is 3.37.